The maximum atomic E-state index is 11.9. The molecular weight excluding hydrogens is 264 g/mol. The summed E-state index contributed by atoms with van der Waals surface area (Å²) in [5.41, 5.74) is 1.64. The van der Waals surface area contributed by atoms with Crippen molar-refractivity contribution in [2.45, 2.75) is 18.2 Å². The molecule has 1 aromatic carbocycles. The summed E-state index contributed by atoms with van der Waals surface area (Å²) in [5, 5.41) is 0. The fourth-order valence-electron chi connectivity index (χ4n) is 2.09. The van der Waals surface area contributed by atoms with E-state index in [2.05, 4.69) is 10.6 Å². The van der Waals surface area contributed by atoms with Crippen LogP contribution < -0.4 is 9.62 Å². The average Bonchev–Trinajstić information content (AvgIpc) is 2.79. The van der Waals surface area contributed by atoms with Crippen LogP contribution in [0.4, 0.5) is 5.69 Å². The van der Waals surface area contributed by atoms with Gasteiger partial charge in [-0.15, -0.1) is 6.42 Å². The van der Waals surface area contributed by atoms with E-state index >= 15 is 0 Å². The van der Waals surface area contributed by atoms with Gasteiger partial charge in [-0.1, -0.05) is 5.92 Å². The van der Waals surface area contributed by atoms with Crippen LogP contribution in [0.15, 0.2) is 23.1 Å². The lowest BCUT2D eigenvalue weighted by molar-refractivity contribution is -0.116. The largest absolute Gasteiger partial charge is 0.312 e. The third kappa shape index (κ3) is 2.62. The van der Waals surface area contributed by atoms with Gasteiger partial charge in [0.25, 0.3) is 0 Å². The van der Waals surface area contributed by atoms with Crippen molar-refractivity contribution in [3.8, 4) is 12.3 Å². The first kappa shape index (κ1) is 13.6. The molecule has 1 aliphatic heterocycles. The predicted octanol–water partition coefficient (Wildman–Crippen LogP) is 0.507. The SMILES string of the molecule is C#CCNS(=O)(=O)c1ccc2c(c1)CCN2C(C)=O. The first-order valence-electron chi connectivity index (χ1n) is 5.80. The number of nitrogens with one attached hydrogen (secondary N) is 1. The van der Waals surface area contributed by atoms with E-state index < -0.39 is 10.0 Å². The predicted molar refractivity (Wildman–Crippen MR) is 72.2 cm³/mol. The van der Waals surface area contributed by atoms with Crippen LogP contribution in [-0.2, 0) is 21.2 Å². The van der Waals surface area contributed by atoms with Crippen LogP contribution in [0.5, 0.6) is 0 Å². The van der Waals surface area contributed by atoms with Crippen molar-refractivity contribution in [3.63, 3.8) is 0 Å². The molecule has 0 saturated carbocycles. The minimum Gasteiger partial charge on any atom is -0.312 e. The standard InChI is InChI=1S/C13H14N2O3S/c1-3-7-14-19(17,18)12-4-5-13-11(9-12)6-8-15(13)10(2)16/h1,4-5,9,14H,6-8H2,2H3. The van der Waals surface area contributed by atoms with E-state index in [0.717, 1.165) is 11.3 Å². The minimum atomic E-state index is -3.58. The number of hydrogen-bond donors (Lipinski definition) is 1. The summed E-state index contributed by atoms with van der Waals surface area (Å²) in [7, 11) is -3.58. The van der Waals surface area contributed by atoms with Crippen LogP contribution in [0.1, 0.15) is 12.5 Å². The van der Waals surface area contributed by atoms with Crippen LogP contribution in [0.25, 0.3) is 0 Å². The molecule has 1 aromatic rings. The molecule has 0 aromatic heterocycles. The second-order valence-corrected chi connectivity index (χ2v) is 6.01. The molecular formula is C13H14N2O3S. The number of rotatable bonds is 3. The van der Waals surface area contributed by atoms with Crippen LogP contribution in [0, 0.1) is 12.3 Å². The number of terminal acetylenes is 1. The highest BCUT2D eigenvalue weighted by Gasteiger charge is 2.24. The van der Waals surface area contributed by atoms with Gasteiger partial charge in [0.2, 0.25) is 15.9 Å². The third-order valence-corrected chi connectivity index (χ3v) is 4.40. The Hall–Kier alpha value is -1.84. The Labute approximate surface area is 112 Å². The second kappa shape index (κ2) is 5.03. The fraction of sp³-hybridized carbons (Fsp3) is 0.308. The molecule has 100 valence electrons. The Bertz CT molecular complexity index is 659. The highest BCUT2D eigenvalue weighted by atomic mass is 32.2. The van der Waals surface area contributed by atoms with Gasteiger partial charge in [0.15, 0.2) is 0 Å². The molecule has 0 spiro atoms. The number of amides is 1. The normalized spacial score (nSPS) is 14.0. The van der Waals surface area contributed by atoms with Crippen LogP contribution >= 0.6 is 0 Å². The number of carbonyl (C=O) groups is 1. The number of benzene rings is 1. The topological polar surface area (TPSA) is 66.5 Å². The molecule has 1 amide bonds. The quantitative estimate of drug-likeness (QED) is 0.819. The lowest BCUT2D eigenvalue weighted by Crippen LogP contribution is -2.26. The molecule has 0 saturated heterocycles. The smallest absolute Gasteiger partial charge is 0.241 e. The molecule has 1 heterocycles. The van der Waals surface area contributed by atoms with Gasteiger partial charge in [-0.3, -0.25) is 4.79 Å². The van der Waals surface area contributed by atoms with Crippen molar-refractivity contribution in [1.29, 1.82) is 0 Å². The monoisotopic (exact) mass is 278 g/mol. The van der Waals surface area contributed by atoms with E-state index in [-0.39, 0.29) is 17.3 Å². The van der Waals surface area contributed by atoms with Gasteiger partial charge in [-0.05, 0) is 30.2 Å². The van der Waals surface area contributed by atoms with Crippen molar-refractivity contribution >= 4 is 21.6 Å². The molecule has 0 atom stereocenters. The van der Waals surface area contributed by atoms with Gasteiger partial charge in [0.05, 0.1) is 11.4 Å². The first-order chi connectivity index (χ1) is 8.95. The Kier molecular flexibility index (Phi) is 3.60. The lowest BCUT2D eigenvalue weighted by atomic mass is 10.2. The summed E-state index contributed by atoms with van der Waals surface area (Å²) in [4.78, 5) is 13.2. The van der Waals surface area contributed by atoms with E-state index in [4.69, 9.17) is 6.42 Å². The van der Waals surface area contributed by atoms with Gasteiger partial charge in [0.1, 0.15) is 0 Å². The second-order valence-electron chi connectivity index (χ2n) is 4.24. The van der Waals surface area contributed by atoms with Crippen LogP contribution in [-0.4, -0.2) is 27.4 Å². The molecule has 1 aliphatic rings. The summed E-state index contributed by atoms with van der Waals surface area (Å²) in [6, 6.07) is 4.74. The molecule has 19 heavy (non-hydrogen) atoms. The Balaban J connectivity index is 2.34. The van der Waals surface area contributed by atoms with Gasteiger partial charge in [-0.25, -0.2) is 8.42 Å². The van der Waals surface area contributed by atoms with Crippen LogP contribution in [0.2, 0.25) is 0 Å². The number of fused-ring (bicyclic) bond motifs is 1. The first-order valence-corrected chi connectivity index (χ1v) is 7.28. The summed E-state index contributed by atoms with van der Waals surface area (Å²) in [6.07, 6.45) is 5.69. The lowest BCUT2D eigenvalue weighted by Gasteiger charge is -2.14. The van der Waals surface area contributed by atoms with E-state index in [1.807, 2.05) is 0 Å². The van der Waals surface area contributed by atoms with Crippen molar-refractivity contribution in [2.24, 2.45) is 0 Å². The number of anilines is 1. The Morgan fingerprint density at radius 3 is 2.89 bits per heavy atom. The van der Waals surface area contributed by atoms with Gasteiger partial charge < -0.3 is 4.90 Å². The molecule has 0 unspecified atom stereocenters. The number of hydrogen-bond acceptors (Lipinski definition) is 3. The number of sulfonamides is 1. The highest BCUT2D eigenvalue weighted by Crippen LogP contribution is 2.30. The molecule has 1 N–H and O–H groups in total. The maximum Gasteiger partial charge on any atom is 0.241 e. The average molecular weight is 278 g/mol. The van der Waals surface area contributed by atoms with Crippen molar-refractivity contribution < 1.29 is 13.2 Å². The van der Waals surface area contributed by atoms with Gasteiger partial charge in [-0.2, -0.15) is 4.72 Å². The van der Waals surface area contributed by atoms with E-state index in [9.17, 15) is 13.2 Å². The van der Waals surface area contributed by atoms with Crippen molar-refractivity contribution in [2.75, 3.05) is 18.0 Å². The zero-order valence-corrected chi connectivity index (χ0v) is 11.3. The number of carbonyl (C=O) groups excluding carboxylic acids is 1. The number of nitrogens with zero attached hydrogens (tertiary/aromatic N) is 1. The molecule has 2 rings (SSSR count). The molecule has 0 aliphatic carbocycles. The van der Waals surface area contributed by atoms with Crippen molar-refractivity contribution in [1.82, 2.24) is 4.72 Å². The zero-order chi connectivity index (χ0) is 14.0. The summed E-state index contributed by atoms with van der Waals surface area (Å²) >= 11 is 0. The maximum absolute atomic E-state index is 11.9. The molecule has 0 bridgehead atoms. The van der Waals surface area contributed by atoms with Gasteiger partial charge >= 0.3 is 0 Å². The fourth-order valence-corrected chi connectivity index (χ4v) is 3.08. The van der Waals surface area contributed by atoms with Crippen LogP contribution in [0.3, 0.4) is 0 Å². The van der Waals surface area contributed by atoms with Gasteiger partial charge in [0, 0.05) is 19.2 Å². The molecule has 5 nitrogen and oxygen atoms in total. The van der Waals surface area contributed by atoms with E-state index in [1.165, 1.54) is 13.0 Å². The molecule has 0 radical (unpaired) electrons. The summed E-state index contributed by atoms with van der Waals surface area (Å²) < 4.78 is 26.1. The zero-order valence-electron chi connectivity index (χ0n) is 10.5. The molecule has 6 heteroatoms. The Morgan fingerprint density at radius 1 is 1.53 bits per heavy atom. The highest BCUT2D eigenvalue weighted by molar-refractivity contribution is 7.89. The minimum absolute atomic E-state index is 0.0418. The van der Waals surface area contributed by atoms with Crippen molar-refractivity contribution in [3.05, 3.63) is 23.8 Å². The Morgan fingerprint density at radius 2 is 2.26 bits per heavy atom. The summed E-state index contributed by atoms with van der Waals surface area (Å²) in [6.45, 7) is 2.04. The van der Waals surface area contributed by atoms with E-state index in [0.29, 0.717) is 13.0 Å². The van der Waals surface area contributed by atoms with E-state index in [1.54, 1.807) is 17.0 Å². The third-order valence-electron chi connectivity index (χ3n) is 3.00. The molecule has 0 fully saturated rings. The summed E-state index contributed by atoms with van der Waals surface area (Å²) in [5.74, 6) is 2.18.